The molecule has 0 fully saturated rings. The third kappa shape index (κ3) is 4.83. The highest BCUT2D eigenvalue weighted by Crippen LogP contribution is 2.26. The molecule has 0 saturated carbocycles. The molecular formula is C20H15ClFN5OS. The minimum atomic E-state index is -0.413. The highest BCUT2D eigenvalue weighted by molar-refractivity contribution is 7.99. The first-order chi connectivity index (χ1) is 14.0. The smallest absolute Gasteiger partial charge is 0.234 e. The standard InChI is InChI=1S/C20H15ClFN5OS/c1-2-9-27-19(15-5-3-4-6-16(15)22)25-26-20(27)29-12-18(28)24-17-10-14(21)8-7-13(17)11-23/h2-8,10H,1,9,12H2,(H,24,28). The lowest BCUT2D eigenvalue weighted by atomic mass is 10.2. The average Bonchev–Trinajstić information content (AvgIpc) is 3.10. The van der Waals surface area contributed by atoms with Crippen LogP contribution in [0.4, 0.5) is 10.1 Å². The van der Waals surface area contributed by atoms with Crippen molar-refractivity contribution in [1.82, 2.24) is 14.8 Å². The van der Waals surface area contributed by atoms with E-state index in [9.17, 15) is 9.18 Å². The second-order valence-corrected chi connectivity index (χ2v) is 7.20. The summed E-state index contributed by atoms with van der Waals surface area (Å²) in [5.74, 6) is -0.379. The zero-order chi connectivity index (χ0) is 20.8. The summed E-state index contributed by atoms with van der Waals surface area (Å²) in [6.07, 6.45) is 1.64. The first-order valence-electron chi connectivity index (χ1n) is 8.44. The number of thioether (sulfide) groups is 1. The molecule has 0 aliphatic rings. The summed E-state index contributed by atoms with van der Waals surface area (Å²) in [7, 11) is 0. The van der Waals surface area contributed by atoms with E-state index in [0.29, 0.717) is 39.4 Å². The Balaban J connectivity index is 1.77. The van der Waals surface area contributed by atoms with Crippen LogP contribution < -0.4 is 5.32 Å². The van der Waals surface area contributed by atoms with Gasteiger partial charge in [-0.25, -0.2) is 4.39 Å². The van der Waals surface area contributed by atoms with Gasteiger partial charge in [-0.2, -0.15) is 5.26 Å². The van der Waals surface area contributed by atoms with Gasteiger partial charge in [0, 0.05) is 11.6 Å². The van der Waals surface area contributed by atoms with E-state index in [2.05, 4.69) is 22.1 Å². The van der Waals surface area contributed by atoms with Crippen molar-refractivity contribution in [3.63, 3.8) is 0 Å². The number of hydrogen-bond donors (Lipinski definition) is 1. The number of amides is 1. The van der Waals surface area contributed by atoms with Crippen molar-refractivity contribution >= 4 is 35.0 Å². The Morgan fingerprint density at radius 2 is 2.14 bits per heavy atom. The molecule has 1 aromatic heterocycles. The predicted octanol–water partition coefficient (Wildman–Crippen LogP) is 4.53. The fraction of sp³-hybridized carbons (Fsp3) is 0.100. The summed E-state index contributed by atoms with van der Waals surface area (Å²) in [5, 5.41) is 20.8. The Morgan fingerprint density at radius 3 is 2.86 bits per heavy atom. The van der Waals surface area contributed by atoms with Gasteiger partial charge in [0.05, 0.1) is 22.6 Å². The monoisotopic (exact) mass is 427 g/mol. The van der Waals surface area contributed by atoms with Crippen LogP contribution in [0.25, 0.3) is 11.4 Å². The molecule has 0 aliphatic carbocycles. The number of carbonyl (C=O) groups excluding carboxylic acids is 1. The molecule has 0 spiro atoms. The Kier molecular flexibility index (Phi) is 6.65. The molecule has 0 aliphatic heterocycles. The van der Waals surface area contributed by atoms with Crippen molar-refractivity contribution in [2.45, 2.75) is 11.7 Å². The third-order valence-electron chi connectivity index (χ3n) is 3.85. The van der Waals surface area contributed by atoms with Crippen molar-refractivity contribution < 1.29 is 9.18 Å². The molecule has 0 saturated heterocycles. The van der Waals surface area contributed by atoms with Crippen LogP contribution in [0.1, 0.15) is 5.56 Å². The molecule has 29 heavy (non-hydrogen) atoms. The number of halogens is 2. The third-order valence-corrected chi connectivity index (χ3v) is 5.05. The molecule has 146 valence electrons. The van der Waals surface area contributed by atoms with E-state index < -0.39 is 5.82 Å². The van der Waals surface area contributed by atoms with Crippen LogP contribution in [0.15, 0.2) is 60.3 Å². The first-order valence-corrected chi connectivity index (χ1v) is 9.81. The molecular weight excluding hydrogens is 413 g/mol. The van der Waals surface area contributed by atoms with E-state index in [4.69, 9.17) is 16.9 Å². The van der Waals surface area contributed by atoms with Gasteiger partial charge in [-0.15, -0.1) is 16.8 Å². The molecule has 0 atom stereocenters. The van der Waals surface area contributed by atoms with Gasteiger partial charge in [-0.3, -0.25) is 9.36 Å². The van der Waals surface area contributed by atoms with Crippen molar-refractivity contribution in [2.24, 2.45) is 0 Å². The number of benzene rings is 2. The number of aromatic nitrogens is 3. The van der Waals surface area contributed by atoms with Crippen LogP contribution in [0.5, 0.6) is 0 Å². The Bertz CT molecular complexity index is 1110. The topological polar surface area (TPSA) is 83.6 Å². The van der Waals surface area contributed by atoms with E-state index in [1.54, 1.807) is 34.9 Å². The number of carbonyl (C=O) groups is 1. The number of nitrogens with one attached hydrogen (secondary N) is 1. The van der Waals surface area contributed by atoms with Gasteiger partial charge in [0.2, 0.25) is 5.91 Å². The van der Waals surface area contributed by atoms with Gasteiger partial charge < -0.3 is 5.32 Å². The van der Waals surface area contributed by atoms with Gasteiger partial charge in [-0.05, 0) is 30.3 Å². The number of allylic oxidation sites excluding steroid dienone is 1. The Hall–Kier alpha value is -3.15. The molecule has 1 N–H and O–H groups in total. The highest BCUT2D eigenvalue weighted by Gasteiger charge is 2.17. The normalized spacial score (nSPS) is 10.4. The van der Waals surface area contributed by atoms with Crippen molar-refractivity contribution in [3.05, 3.63) is 71.5 Å². The van der Waals surface area contributed by atoms with Crippen LogP contribution in [0, 0.1) is 17.1 Å². The Labute approximate surface area is 176 Å². The summed E-state index contributed by atoms with van der Waals surface area (Å²) in [5.41, 5.74) is 0.963. The zero-order valence-electron chi connectivity index (χ0n) is 15.1. The summed E-state index contributed by atoms with van der Waals surface area (Å²) in [4.78, 5) is 12.3. The molecule has 0 bridgehead atoms. The number of nitriles is 1. The lowest BCUT2D eigenvalue weighted by Gasteiger charge is -2.09. The Morgan fingerprint density at radius 1 is 1.34 bits per heavy atom. The van der Waals surface area contributed by atoms with Crippen LogP contribution in [-0.4, -0.2) is 26.4 Å². The minimum absolute atomic E-state index is 0.0178. The number of hydrogen-bond acceptors (Lipinski definition) is 5. The molecule has 0 unspecified atom stereocenters. The molecule has 3 aromatic rings. The summed E-state index contributed by atoms with van der Waals surface area (Å²) in [6.45, 7) is 4.07. The molecule has 3 rings (SSSR count). The maximum Gasteiger partial charge on any atom is 0.234 e. The molecule has 0 radical (unpaired) electrons. The lowest BCUT2D eigenvalue weighted by Crippen LogP contribution is -2.15. The molecule has 1 amide bonds. The largest absolute Gasteiger partial charge is 0.324 e. The maximum atomic E-state index is 14.2. The van der Waals surface area contributed by atoms with Crippen LogP contribution in [0.3, 0.4) is 0 Å². The van der Waals surface area contributed by atoms with Gasteiger partial charge >= 0.3 is 0 Å². The second-order valence-electron chi connectivity index (χ2n) is 5.82. The first kappa shape index (κ1) is 20.6. The maximum absolute atomic E-state index is 14.2. The second kappa shape index (κ2) is 9.37. The van der Waals surface area contributed by atoms with E-state index in [1.807, 2.05) is 6.07 Å². The van der Waals surface area contributed by atoms with Crippen molar-refractivity contribution in [3.8, 4) is 17.5 Å². The van der Waals surface area contributed by atoms with Crippen molar-refractivity contribution in [2.75, 3.05) is 11.1 Å². The molecule has 9 heteroatoms. The predicted molar refractivity (Wildman–Crippen MR) is 111 cm³/mol. The lowest BCUT2D eigenvalue weighted by molar-refractivity contribution is -0.113. The quantitative estimate of drug-likeness (QED) is 0.442. The van der Waals surface area contributed by atoms with E-state index >= 15 is 0 Å². The van der Waals surface area contributed by atoms with Gasteiger partial charge in [0.25, 0.3) is 0 Å². The van der Waals surface area contributed by atoms with Crippen LogP contribution in [0.2, 0.25) is 5.02 Å². The number of anilines is 1. The molecule has 6 nitrogen and oxygen atoms in total. The highest BCUT2D eigenvalue weighted by atomic mass is 35.5. The van der Waals surface area contributed by atoms with Gasteiger partial charge in [0.15, 0.2) is 11.0 Å². The van der Waals surface area contributed by atoms with Crippen LogP contribution >= 0.6 is 23.4 Å². The van der Waals surface area contributed by atoms with Gasteiger partial charge in [0.1, 0.15) is 11.9 Å². The number of rotatable bonds is 7. The summed E-state index contributed by atoms with van der Waals surface area (Å²) in [6, 6.07) is 12.9. The SMILES string of the molecule is C=CCn1c(SCC(=O)Nc2cc(Cl)ccc2C#N)nnc1-c1ccccc1F. The van der Waals surface area contributed by atoms with E-state index in [-0.39, 0.29) is 11.7 Å². The van der Waals surface area contributed by atoms with E-state index in [0.717, 1.165) is 11.8 Å². The number of nitrogens with zero attached hydrogens (tertiary/aromatic N) is 4. The summed E-state index contributed by atoms with van der Waals surface area (Å²) < 4.78 is 15.8. The van der Waals surface area contributed by atoms with Crippen molar-refractivity contribution in [1.29, 1.82) is 5.26 Å². The zero-order valence-corrected chi connectivity index (χ0v) is 16.7. The summed E-state index contributed by atoms with van der Waals surface area (Å²) >= 11 is 7.08. The molecule has 1 heterocycles. The molecule has 2 aromatic carbocycles. The average molecular weight is 428 g/mol. The minimum Gasteiger partial charge on any atom is -0.324 e. The fourth-order valence-corrected chi connectivity index (χ4v) is 3.48. The fourth-order valence-electron chi connectivity index (χ4n) is 2.56. The van der Waals surface area contributed by atoms with Gasteiger partial charge in [-0.1, -0.05) is 41.6 Å². The van der Waals surface area contributed by atoms with Crippen LogP contribution in [-0.2, 0) is 11.3 Å². The van der Waals surface area contributed by atoms with E-state index in [1.165, 1.54) is 18.2 Å².